The highest BCUT2D eigenvalue weighted by Crippen LogP contribution is 2.14. The molecule has 0 heterocycles. The van der Waals surface area contributed by atoms with Crippen LogP contribution in [0.2, 0.25) is 0 Å². The van der Waals surface area contributed by atoms with Crippen LogP contribution in [0.3, 0.4) is 0 Å². The van der Waals surface area contributed by atoms with Crippen LogP contribution >= 0.6 is 0 Å². The third-order valence-electron chi connectivity index (χ3n) is 6.90. The van der Waals surface area contributed by atoms with E-state index in [9.17, 15) is 0 Å². The molecule has 0 aliphatic rings. The fraction of sp³-hybridized carbons (Fsp3) is 1.00. The van der Waals surface area contributed by atoms with Gasteiger partial charge in [-0.05, 0) is 32.6 Å². The molecule has 182 valence electrons. The first-order valence-corrected chi connectivity index (χ1v) is 14.2. The van der Waals surface area contributed by atoms with E-state index in [-0.39, 0.29) is 0 Å². The van der Waals surface area contributed by atoms with Crippen molar-refractivity contribution in [2.24, 2.45) is 0 Å². The minimum absolute atomic E-state index is 1.19. The molecule has 0 aliphatic carbocycles. The Hall–Kier alpha value is -0.0800. The van der Waals surface area contributed by atoms with Gasteiger partial charge in [0.2, 0.25) is 0 Å². The monoisotopic (exact) mass is 424 g/mol. The zero-order chi connectivity index (χ0) is 22.1. The largest absolute Gasteiger partial charge is 0.303 e. The average molecular weight is 425 g/mol. The van der Waals surface area contributed by atoms with Gasteiger partial charge in [-0.2, -0.15) is 0 Å². The van der Waals surface area contributed by atoms with Crippen molar-refractivity contribution >= 4 is 0 Å². The Balaban J connectivity index is 3.25. The van der Waals surface area contributed by atoms with E-state index in [0.29, 0.717) is 0 Å². The molecule has 0 atom stereocenters. The van der Waals surface area contributed by atoms with E-state index in [1.807, 2.05) is 0 Å². The standard InChI is InChI=1S/C28H60N2/c1-5-9-10-11-12-13-14-15-16-17-18-19-20-21-22-23-24-25-26-30(8-4)28-27-29(6-2)7-3/h5-28H2,1-4H3. The number of hydrogen-bond donors (Lipinski definition) is 0. The summed E-state index contributed by atoms with van der Waals surface area (Å²) in [5, 5.41) is 0. The van der Waals surface area contributed by atoms with Crippen molar-refractivity contribution in [1.29, 1.82) is 0 Å². The first kappa shape index (κ1) is 29.9. The predicted octanol–water partition coefficient (Wildman–Crippen LogP) is 8.69. The Labute approximate surface area is 192 Å². The second kappa shape index (κ2) is 25.2. The van der Waals surface area contributed by atoms with Crippen LogP contribution in [0.4, 0.5) is 0 Å². The lowest BCUT2D eigenvalue weighted by Crippen LogP contribution is -2.35. The van der Waals surface area contributed by atoms with Crippen LogP contribution in [-0.4, -0.2) is 49.1 Å². The number of hydrogen-bond acceptors (Lipinski definition) is 2. The molecular formula is C28H60N2. The van der Waals surface area contributed by atoms with Crippen molar-refractivity contribution in [3.05, 3.63) is 0 Å². The number of nitrogens with zero attached hydrogens (tertiary/aromatic N) is 2. The van der Waals surface area contributed by atoms with Gasteiger partial charge in [-0.1, -0.05) is 137 Å². The Morgan fingerprint density at radius 3 is 0.933 bits per heavy atom. The summed E-state index contributed by atoms with van der Waals surface area (Å²) < 4.78 is 0. The topological polar surface area (TPSA) is 6.48 Å². The Kier molecular flexibility index (Phi) is 25.1. The molecule has 0 unspecified atom stereocenters. The molecule has 0 amide bonds. The van der Waals surface area contributed by atoms with E-state index in [0.717, 1.165) is 0 Å². The van der Waals surface area contributed by atoms with Crippen LogP contribution in [0, 0.1) is 0 Å². The molecule has 0 aromatic rings. The van der Waals surface area contributed by atoms with Crippen molar-refractivity contribution in [2.75, 3.05) is 39.3 Å². The quantitative estimate of drug-likeness (QED) is 0.135. The van der Waals surface area contributed by atoms with Crippen molar-refractivity contribution < 1.29 is 0 Å². The first-order valence-electron chi connectivity index (χ1n) is 14.2. The fourth-order valence-corrected chi connectivity index (χ4v) is 4.49. The molecule has 0 fully saturated rings. The van der Waals surface area contributed by atoms with Crippen molar-refractivity contribution in [3.8, 4) is 0 Å². The summed E-state index contributed by atoms with van der Waals surface area (Å²) in [7, 11) is 0. The molecule has 0 aliphatic heterocycles. The van der Waals surface area contributed by atoms with Crippen LogP contribution < -0.4 is 0 Å². The van der Waals surface area contributed by atoms with Crippen molar-refractivity contribution in [1.82, 2.24) is 9.80 Å². The van der Waals surface area contributed by atoms with E-state index in [2.05, 4.69) is 37.5 Å². The van der Waals surface area contributed by atoms with Gasteiger partial charge in [0.1, 0.15) is 0 Å². The van der Waals surface area contributed by atoms with Gasteiger partial charge in [-0.3, -0.25) is 0 Å². The summed E-state index contributed by atoms with van der Waals surface area (Å²) in [5.41, 5.74) is 0. The molecule has 0 saturated carbocycles. The highest BCUT2D eigenvalue weighted by Gasteiger charge is 2.05. The summed E-state index contributed by atoms with van der Waals surface area (Å²) in [6, 6.07) is 0. The maximum absolute atomic E-state index is 2.64. The Bertz CT molecular complexity index is 301. The van der Waals surface area contributed by atoms with Gasteiger partial charge in [0.15, 0.2) is 0 Å². The normalized spacial score (nSPS) is 11.8. The highest BCUT2D eigenvalue weighted by molar-refractivity contribution is 4.61. The molecule has 0 bridgehead atoms. The van der Waals surface area contributed by atoms with Gasteiger partial charge in [-0.25, -0.2) is 0 Å². The average Bonchev–Trinajstić information content (AvgIpc) is 2.77. The zero-order valence-corrected chi connectivity index (χ0v) is 21.9. The summed E-state index contributed by atoms with van der Waals surface area (Å²) >= 11 is 0. The maximum Gasteiger partial charge on any atom is 0.0109 e. The fourth-order valence-electron chi connectivity index (χ4n) is 4.49. The summed E-state index contributed by atoms with van der Waals surface area (Å²) in [6.45, 7) is 16.5. The van der Waals surface area contributed by atoms with E-state index in [4.69, 9.17) is 0 Å². The van der Waals surface area contributed by atoms with Gasteiger partial charge in [-0.15, -0.1) is 0 Å². The minimum Gasteiger partial charge on any atom is -0.303 e. The van der Waals surface area contributed by atoms with Gasteiger partial charge >= 0.3 is 0 Å². The molecule has 0 saturated heterocycles. The summed E-state index contributed by atoms with van der Waals surface area (Å²) in [5.74, 6) is 0. The molecule has 30 heavy (non-hydrogen) atoms. The number of likely N-dealkylation sites (N-methyl/N-ethyl adjacent to an activating group) is 2. The summed E-state index contributed by atoms with van der Waals surface area (Å²) in [4.78, 5) is 5.18. The second-order valence-corrected chi connectivity index (χ2v) is 9.47. The maximum atomic E-state index is 2.64. The van der Waals surface area contributed by atoms with Gasteiger partial charge in [0.05, 0.1) is 0 Å². The molecule has 0 N–H and O–H groups in total. The highest BCUT2D eigenvalue weighted by atomic mass is 15.2. The second-order valence-electron chi connectivity index (χ2n) is 9.47. The van der Waals surface area contributed by atoms with E-state index >= 15 is 0 Å². The van der Waals surface area contributed by atoms with Crippen LogP contribution in [0.25, 0.3) is 0 Å². The Morgan fingerprint density at radius 1 is 0.300 bits per heavy atom. The van der Waals surface area contributed by atoms with Crippen molar-refractivity contribution in [3.63, 3.8) is 0 Å². The molecule has 2 nitrogen and oxygen atoms in total. The molecule has 0 rings (SSSR count). The van der Waals surface area contributed by atoms with Gasteiger partial charge < -0.3 is 9.80 Å². The molecule has 2 heteroatoms. The number of rotatable bonds is 25. The third-order valence-corrected chi connectivity index (χ3v) is 6.90. The van der Waals surface area contributed by atoms with Crippen LogP contribution in [0.1, 0.15) is 143 Å². The third kappa shape index (κ3) is 21.2. The smallest absolute Gasteiger partial charge is 0.0109 e. The molecule has 0 aromatic heterocycles. The lowest BCUT2D eigenvalue weighted by Gasteiger charge is -2.25. The number of unbranched alkanes of at least 4 members (excludes halogenated alkanes) is 17. The van der Waals surface area contributed by atoms with Crippen LogP contribution in [0.5, 0.6) is 0 Å². The van der Waals surface area contributed by atoms with Gasteiger partial charge in [0.25, 0.3) is 0 Å². The van der Waals surface area contributed by atoms with Gasteiger partial charge in [0, 0.05) is 13.1 Å². The molecule has 0 aromatic carbocycles. The van der Waals surface area contributed by atoms with Crippen molar-refractivity contribution in [2.45, 2.75) is 143 Å². The van der Waals surface area contributed by atoms with Crippen LogP contribution in [-0.2, 0) is 0 Å². The van der Waals surface area contributed by atoms with E-state index < -0.39 is 0 Å². The summed E-state index contributed by atoms with van der Waals surface area (Å²) in [6.07, 6.45) is 26.3. The molecule has 0 radical (unpaired) electrons. The first-order chi connectivity index (χ1) is 14.8. The lowest BCUT2D eigenvalue weighted by molar-refractivity contribution is 0.217. The Morgan fingerprint density at radius 2 is 0.600 bits per heavy atom. The SMILES string of the molecule is CCCCCCCCCCCCCCCCCCCCN(CC)CCN(CC)CC. The molecular weight excluding hydrogens is 364 g/mol. The zero-order valence-electron chi connectivity index (χ0n) is 21.9. The van der Waals surface area contributed by atoms with E-state index in [1.54, 1.807) is 0 Å². The molecule has 0 spiro atoms. The lowest BCUT2D eigenvalue weighted by atomic mass is 10.0. The predicted molar refractivity (Wildman–Crippen MR) is 139 cm³/mol. The minimum atomic E-state index is 1.19. The van der Waals surface area contributed by atoms with E-state index in [1.165, 1.54) is 155 Å². The van der Waals surface area contributed by atoms with Crippen LogP contribution in [0.15, 0.2) is 0 Å².